The monoisotopic (exact) mass is 326 g/mol. The average molecular weight is 327 g/mol. The van der Waals surface area contributed by atoms with Crippen LogP contribution in [-0.2, 0) is 13.0 Å². The van der Waals surface area contributed by atoms with Crippen molar-refractivity contribution in [1.82, 2.24) is 14.5 Å². The molecule has 0 bridgehead atoms. The highest BCUT2D eigenvalue weighted by Gasteiger charge is 2.12. The van der Waals surface area contributed by atoms with Crippen molar-refractivity contribution in [2.24, 2.45) is 0 Å². The molecule has 0 saturated heterocycles. The van der Waals surface area contributed by atoms with Gasteiger partial charge >= 0.3 is 0 Å². The molecule has 0 aliphatic carbocycles. The van der Waals surface area contributed by atoms with Crippen molar-refractivity contribution in [2.75, 3.05) is 11.9 Å². The van der Waals surface area contributed by atoms with Crippen molar-refractivity contribution in [2.45, 2.75) is 39.7 Å². The van der Waals surface area contributed by atoms with Gasteiger partial charge in [0.25, 0.3) is 0 Å². The summed E-state index contributed by atoms with van der Waals surface area (Å²) in [6, 6.07) is 1.75. The summed E-state index contributed by atoms with van der Waals surface area (Å²) >= 11 is 12.4. The summed E-state index contributed by atoms with van der Waals surface area (Å²) in [7, 11) is 0. The predicted molar refractivity (Wildman–Crippen MR) is 88.4 cm³/mol. The van der Waals surface area contributed by atoms with Crippen LogP contribution < -0.4 is 5.32 Å². The molecule has 1 N–H and O–H groups in total. The highest BCUT2D eigenvalue weighted by atomic mass is 35.5. The quantitative estimate of drug-likeness (QED) is 0.819. The van der Waals surface area contributed by atoms with Gasteiger partial charge in [0.2, 0.25) is 0 Å². The first-order chi connectivity index (χ1) is 10.2. The first-order valence-electron chi connectivity index (χ1n) is 7.24. The van der Waals surface area contributed by atoms with Gasteiger partial charge in [-0.3, -0.25) is 0 Å². The van der Waals surface area contributed by atoms with E-state index in [0.29, 0.717) is 22.3 Å². The molecule has 4 nitrogen and oxygen atoms in total. The zero-order valence-electron chi connectivity index (χ0n) is 12.4. The predicted octanol–water partition coefficient (Wildman–Crippen LogP) is 4.41. The molecule has 6 heteroatoms. The number of halogens is 2. The summed E-state index contributed by atoms with van der Waals surface area (Å²) in [5, 5.41) is 4.35. The Balaban J connectivity index is 2.24. The van der Waals surface area contributed by atoms with E-state index in [1.807, 2.05) is 12.4 Å². The number of hydrogen-bond donors (Lipinski definition) is 1. The van der Waals surface area contributed by atoms with Crippen molar-refractivity contribution < 1.29 is 0 Å². The number of imidazole rings is 1. The summed E-state index contributed by atoms with van der Waals surface area (Å²) in [5.41, 5.74) is 0.795. The minimum Gasteiger partial charge on any atom is -0.369 e. The lowest BCUT2D eigenvalue weighted by molar-refractivity contribution is 0.645. The van der Waals surface area contributed by atoms with Gasteiger partial charge in [-0.05, 0) is 18.9 Å². The fourth-order valence-corrected chi connectivity index (χ4v) is 2.59. The zero-order chi connectivity index (χ0) is 15.2. The standard InChI is InChI=1S/C15H20Cl2N4/c1-3-5-19-15-12(17)9-11(16)13(20-15)10-14-18-6-8-21(14)7-4-2/h6,8-9H,3-5,7,10H2,1-2H3,(H,19,20). The van der Waals surface area contributed by atoms with Gasteiger partial charge in [0, 0.05) is 31.9 Å². The summed E-state index contributed by atoms with van der Waals surface area (Å²) < 4.78 is 2.13. The van der Waals surface area contributed by atoms with E-state index >= 15 is 0 Å². The fourth-order valence-electron chi connectivity index (χ4n) is 2.10. The number of nitrogens with one attached hydrogen (secondary N) is 1. The van der Waals surface area contributed by atoms with Gasteiger partial charge in [0.15, 0.2) is 0 Å². The molecular formula is C15H20Cl2N4. The van der Waals surface area contributed by atoms with Crippen molar-refractivity contribution in [3.63, 3.8) is 0 Å². The smallest absolute Gasteiger partial charge is 0.145 e. The Morgan fingerprint density at radius 1 is 1.19 bits per heavy atom. The molecule has 0 unspecified atom stereocenters. The lowest BCUT2D eigenvalue weighted by atomic mass is 10.2. The second-order valence-corrected chi connectivity index (χ2v) is 5.70. The molecule has 0 spiro atoms. The SMILES string of the molecule is CCCNc1nc(Cc2nccn2CCC)c(Cl)cc1Cl. The Hall–Kier alpha value is -1.26. The minimum atomic E-state index is 0.550. The second kappa shape index (κ2) is 7.66. The first kappa shape index (κ1) is 16.1. The third kappa shape index (κ3) is 4.11. The number of aryl methyl sites for hydroxylation is 1. The summed E-state index contributed by atoms with van der Waals surface area (Å²) in [6.45, 7) is 6.02. The van der Waals surface area contributed by atoms with Crippen LogP contribution in [0.5, 0.6) is 0 Å². The van der Waals surface area contributed by atoms with E-state index < -0.39 is 0 Å². The Labute approximate surface area is 135 Å². The van der Waals surface area contributed by atoms with Crippen LogP contribution >= 0.6 is 23.2 Å². The van der Waals surface area contributed by atoms with Crippen LogP contribution in [0, 0.1) is 0 Å². The maximum atomic E-state index is 6.27. The van der Waals surface area contributed by atoms with E-state index in [-0.39, 0.29) is 0 Å². The number of rotatable bonds is 7. The molecule has 0 amide bonds. The molecular weight excluding hydrogens is 307 g/mol. The molecule has 2 aromatic heterocycles. The summed E-state index contributed by atoms with van der Waals surface area (Å²) in [5.74, 6) is 1.65. The molecule has 0 radical (unpaired) electrons. The molecule has 0 aromatic carbocycles. The molecule has 0 saturated carbocycles. The lowest BCUT2D eigenvalue weighted by Gasteiger charge is -2.11. The first-order valence-corrected chi connectivity index (χ1v) is 8.00. The van der Waals surface area contributed by atoms with Crippen molar-refractivity contribution in [1.29, 1.82) is 0 Å². The van der Waals surface area contributed by atoms with Crippen LogP contribution in [0.15, 0.2) is 18.5 Å². The van der Waals surface area contributed by atoms with E-state index in [1.54, 1.807) is 6.07 Å². The van der Waals surface area contributed by atoms with Gasteiger partial charge in [-0.1, -0.05) is 37.0 Å². The molecule has 2 rings (SSSR count). The maximum Gasteiger partial charge on any atom is 0.145 e. The normalized spacial score (nSPS) is 10.9. The second-order valence-electron chi connectivity index (χ2n) is 4.89. The molecule has 114 valence electrons. The molecule has 0 aliphatic rings. The maximum absolute atomic E-state index is 6.27. The van der Waals surface area contributed by atoms with Crippen LogP contribution in [0.1, 0.15) is 38.2 Å². The average Bonchev–Trinajstić information content (AvgIpc) is 2.88. The summed E-state index contributed by atoms with van der Waals surface area (Å²) in [6.07, 6.45) is 6.47. The van der Waals surface area contributed by atoms with Crippen molar-refractivity contribution in [3.8, 4) is 0 Å². The van der Waals surface area contributed by atoms with E-state index in [4.69, 9.17) is 23.2 Å². The van der Waals surface area contributed by atoms with Gasteiger partial charge in [0.1, 0.15) is 11.6 Å². The van der Waals surface area contributed by atoms with Crippen molar-refractivity contribution >= 4 is 29.0 Å². The number of pyridine rings is 1. The third-order valence-corrected chi connectivity index (χ3v) is 3.75. The van der Waals surface area contributed by atoms with Crippen LogP contribution in [0.2, 0.25) is 10.0 Å². The lowest BCUT2D eigenvalue weighted by Crippen LogP contribution is -2.08. The van der Waals surface area contributed by atoms with Gasteiger partial charge in [-0.2, -0.15) is 0 Å². The van der Waals surface area contributed by atoms with Crippen LogP contribution in [-0.4, -0.2) is 21.1 Å². The Bertz CT molecular complexity index is 595. The molecule has 0 atom stereocenters. The Morgan fingerprint density at radius 3 is 2.71 bits per heavy atom. The molecule has 0 fully saturated rings. The van der Waals surface area contributed by atoms with E-state index in [2.05, 4.69) is 33.7 Å². The van der Waals surface area contributed by atoms with Crippen LogP contribution in [0.4, 0.5) is 5.82 Å². The highest BCUT2D eigenvalue weighted by molar-refractivity contribution is 6.36. The number of nitrogens with zero attached hydrogens (tertiary/aromatic N) is 3. The van der Waals surface area contributed by atoms with Gasteiger partial charge in [-0.15, -0.1) is 0 Å². The number of hydrogen-bond acceptors (Lipinski definition) is 3. The van der Waals surface area contributed by atoms with Gasteiger partial charge in [0.05, 0.1) is 15.7 Å². The topological polar surface area (TPSA) is 42.7 Å². The van der Waals surface area contributed by atoms with E-state index in [1.165, 1.54) is 0 Å². The number of aromatic nitrogens is 3. The van der Waals surface area contributed by atoms with E-state index in [0.717, 1.165) is 37.4 Å². The minimum absolute atomic E-state index is 0.550. The van der Waals surface area contributed by atoms with Gasteiger partial charge in [-0.25, -0.2) is 9.97 Å². The third-order valence-electron chi connectivity index (χ3n) is 3.14. The molecule has 2 aromatic rings. The fraction of sp³-hybridized carbons (Fsp3) is 0.467. The van der Waals surface area contributed by atoms with E-state index in [9.17, 15) is 0 Å². The zero-order valence-corrected chi connectivity index (χ0v) is 13.9. The van der Waals surface area contributed by atoms with Crippen LogP contribution in [0.25, 0.3) is 0 Å². The molecule has 2 heterocycles. The van der Waals surface area contributed by atoms with Crippen LogP contribution in [0.3, 0.4) is 0 Å². The highest BCUT2D eigenvalue weighted by Crippen LogP contribution is 2.27. The van der Waals surface area contributed by atoms with Crippen molar-refractivity contribution in [3.05, 3.63) is 40.0 Å². The molecule has 21 heavy (non-hydrogen) atoms. The number of anilines is 1. The largest absolute Gasteiger partial charge is 0.369 e. The molecule has 0 aliphatic heterocycles. The van der Waals surface area contributed by atoms with Gasteiger partial charge < -0.3 is 9.88 Å². The Kier molecular flexibility index (Phi) is 5.88. The Morgan fingerprint density at radius 2 is 2.00 bits per heavy atom. The summed E-state index contributed by atoms with van der Waals surface area (Å²) in [4.78, 5) is 8.95.